The molecule has 1 aromatic rings. The van der Waals surface area contributed by atoms with Gasteiger partial charge in [0.05, 0.1) is 0 Å². The Kier molecular flexibility index (Phi) is 4.77. The first-order valence-corrected chi connectivity index (χ1v) is 12.0. The molecule has 1 spiro atoms. The Balaban J connectivity index is 1.64. The Bertz CT molecular complexity index is 850. The summed E-state index contributed by atoms with van der Waals surface area (Å²) in [6.45, 7) is 2.05. The first kappa shape index (κ1) is 18.7. The molecule has 150 valence electrons. The van der Waals surface area contributed by atoms with Crippen molar-refractivity contribution in [2.24, 2.45) is 5.92 Å². The zero-order chi connectivity index (χ0) is 19.3. The molecule has 7 nitrogen and oxygen atoms in total. The topological polar surface area (TPSA) is 89.0 Å². The van der Waals surface area contributed by atoms with Gasteiger partial charge in [0.1, 0.15) is 0 Å². The number of alkyl halides is 1. The molecular weight excluding hydrogens is 442 g/mol. The second kappa shape index (κ2) is 7.16. The summed E-state index contributed by atoms with van der Waals surface area (Å²) < 4.78 is 6.50. The third kappa shape index (κ3) is 2.93. The minimum absolute atomic E-state index is 0.0389. The molecule has 4 aliphatic rings. The lowest BCUT2D eigenvalue weighted by molar-refractivity contribution is -0.138. The van der Waals surface area contributed by atoms with Gasteiger partial charge in [-0.05, 0) is 50.7 Å². The van der Waals surface area contributed by atoms with Gasteiger partial charge in [-0.15, -0.1) is 10.2 Å². The minimum atomic E-state index is -1.12. The van der Waals surface area contributed by atoms with E-state index in [-0.39, 0.29) is 17.9 Å². The molecular formula is C19H24BrN5O2S. The van der Waals surface area contributed by atoms with Crippen molar-refractivity contribution in [3.63, 3.8) is 0 Å². The Morgan fingerprint density at radius 2 is 2.14 bits per heavy atom. The normalized spacial score (nSPS) is 33.9. The van der Waals surface area contributed by atoms with Crippen LogP contribution in [0.25, 0.3) is 5.57 Å². The largest absolute Gasteiger partial charge is 0.439 e. The van der Waals surface area contributed by atoms with Crippen LogP contribution in [0.15, 0.2) is 10.9 Å². The molecule has 3 heterocycles. The van der Waals surface area contributed by atoms with Crippen molar-refractivity contribution in [1.82, 2.24) is 25.8 Å². The van der Waals surface area contributed by atoms with E-state index in [0.717, 1.165) is 62.0 Å². The van der Waals surface area contributed by atoms with Crippen LogP contribution in [0.1, 0.15) is 57.6 Å². The average Bonchev–Trinajstić information content (AvgIpc) is 2.85. The maximum Gasteiger partial charge on any atom is 0.286 e. The van der Waals surface area contributed by atoms with E-state index >= 15 is 0 Å². The quantitative estimate of drug-likeness (QED) is 0.512. The van der Waals surface area contributed by atoms with E-state index in [1.165, 1.54) is 11.8 Å². The number of thioether (sulfide) groups is 1. The standard InChI is InChI=1S/C19H24BrN5O2S/c1-2-28-18-22-16-15(24-25-18)11-5-3-4-6-13(11)23-19(27-16)12-9-10(20)7-8-14(12)21-17(19)26/h10,12,14,23H,2-9H2,1H3,(H,21,26). The number of nitrogens with zero attached hydrogens (tertiary/aromatic N) is 3. The maximum atomic E-state index is 13.3. The van der Waals surface area contributed by atoms with Gasteiger partial charge in [-0.1, -0.05) is 34.6 Å². The van der Waals surface area contributed by atoms with Crippen LogP contribution in [0.3, 0.4) is 0 Å². The molecule has 0 radical (unpaired) electrons. The van der Waals surface area contributed by atoms with Crippen LogP contribution < -0.4 is 15.4 Å². The summed E-state index contributed by atoms with van der Waals surface area (Å²) in [5, 5.41) is 16.1. The van der Waals surface area contributed by atoms with Gasteiger partial charge in [-0.2, -0.15) is 4.98 Å². The van der Waals surface area contributed by atoms with Gasteiger partial charge in [0.25, 0.3) is 11.6 Å². The van der Waals surface area contributed by atoms with Gasteiger partial charge in [0.15, 0.2) is 5.69 Å². The predicted octanol–water partition coefficient (Wildman–Crippen LogP) is 3.01. The molecule has 1 amide bonds. The molecule has 28 heavy (non-hydrogen) atoms. The summed E-state index contributed by atoms with van der Waals surface area (Å²) in [6, 6.07) is 0.127. The lowest BCUT2D eigenvalue weighted by Gasteiger charge is -2.38. The molecule has 2 aliphatic carbocycles. The molecule has 2 fully saturated rings. The van der Waals surface area contributed by atoms with Crippen LogP contribution in [0.5, 0.6) is 5.88 Å². The number of allylic oxidation sites excluding steroid dienone is 2. The van der Waals surface area contributed by atoms with E-state index in [1.54, 1.807) is 0 Å². The van der Waals surface area contributed by atoms with E-state index in [9.17, 15) is 4.79 Å². The highest BCUT2D eigenvalue weighted by Gasteiger charge is 2.60. The van der Waals surface area contributed by atoms with E-state index in [1.807, 2.05) is 0 Å². The minimum Gasteiger partial charge on any atom is -0.439 e. The van der Waals surface area contributed by atoms with Crippen LogP contribution in [-0.2, 0) is 4.79 Å². The maximum absolute atomic E-state index is 13.3. The van der Waals surface area contributed by atoms with Crippen LogP contribution in [0.4, 0.5) is 0 Å². The third-order valence-corrected chi connectivity index (χ3v) is 7.77. The molecule has 0 bridgehead atoms. The Hall–Kier alpha value is -1.35. The summed E-state index contributed by atoms with van der Waals surface area (Å²) in [5.41, 5.74) is 1.75. The number of fused-ring (bicyclic) bond motifs is 4. The smallest absolute Gasteiger partial charge is 0.286 e. The lowest BCUT2D eigenvalue weighted by Crippen LogP contribution is -2.60. The van der Waals surface area contributed by atoms with Crippen LogP contribution in [0.2, 0.25) is 0 Å². The number of amides is 1. The van der Waals surface area contributed by atoms with Crippen molar-refractivity contribution < 1.29 is 9.53 Å². The SMILES string of the molecule is CCSc1nnc2c(n1)OC1(NC3=C2CCCC3)C(=O)NC2CCC(Br)CC21. The fourth-order valence-electron chi connectivity index (χ4n) is 4.91. The fourth-order valence-corrected chi connectivity index (χ4v) is 6.08. The van der Waals surface area contributed by atoms with Crippen LogP contribution in [-0.4, -0.2) is 43.4 Å². The van der Waals surface area contributed by atoms with E-state index < -0.39 is 5.72 Å². The zero-order valence-electron chi connectivity index (χ0n) is 15.8. The van der Waals surface area contributed by atoms with E-state index in [4.69, 9.17) is 4.74 Å². The summed E-state index contributed by atoms with van der Waals surface area (Å²) in [4.78, 5) is 18.3. The van der Waals surface area contributed by atoms with Crippen molar-refractivity contribution in [2.75, 3.05) is 5.75 Å². The highest BCUT2D eigenvalue weighted by molar-refractivity contribution is 9.09. The van der Waals surface area contributed by atoms with Crippen molar-refractivity contribution in [1.29, 1.82) is 0 Å². The number of nitrogens with one attached hydrogen (secondary N) is 2. The number of hydrogen-bond acceptors (Lipinski definition) is 7. The van der Waals surface area contributed by atoms with Crippen molar-refractivity contribution >= 4 is 39.2 Å². The summed E-state index contributed by atoms with van der Waals surface area (Å²) in [5.74, 6) is 1.25. The number of hydrogen-bond donors (Lipinski definition) is 2. The number of halogens is 1. The van der Waals surface area contributed by atoms with Crippen molar-refractivity contribution in [2.45, 2.75) is 73.6 Å². The second-order valence-corrected chi connectivity index (χ2v) is 10.4. The van der Waals surface area contributed by atoms with Gasteiger partial charge in [0.2, 0.25) is 11.0 Å². The second-order valence-electron chi connectivity index (χ2n) is 7.90. The van der Waals surface area contributed by atoms with E-state index in [0.29, 0.717) is 21.6 Å². The summed E-state index contributed by atoms with van der Waals surface area (Å²) >= 11 is 5.30. The highest BCUT2D eigenvalue weighted by atomic mass is 79.9. The summed E-state index contributed by atoms with van der Waals surface area (Å²) in [6.07, 6.45) is 6.89. The highest BCUT2D eigenvalue weighted by Crippen LogP contribution is 2.46. The molecule has 5 rings (SSSR count). The molecule has 1 saturated heterocycles. The molecule has 0 aromatic carbocycles. The Labute approximate surface area is 177 Å². The van der Waals surface area contributed by atoms with Gasteiger partial charge < -0.3 is 15.4 Å². The number of carbonyl (C=O) groups is 1. The van der Waals surface area contributed by atoms with Crippen LogP contribution >= 0.6 is 27.7 Å². The van der Waals surface area contributed by atoms with Crippen molar-refractivity contribution in [3.8, 4) is 5.88 Å². The predicted molar refractivity (Wildman–Crippen MR) is 110 cm³/mol. The monoisotopic (exact) mass is 465 g/mol. The first-order valence-electron chi connectivity index (χ1n) is 10.1. The molecule has 4 atom stereocenters. The lowest BCUT2D eigenvalue weighted by atomic mass is 9.80. The Morgan fingerprint density at radius 1 is 1.29 bits per heavy atom. The molecule has 2 aliphatic heterocycles. The van der Waals surface area contributed by atoms with Gasteiger partial charge >= 0.3 is 0 Å². The molecule has 9 heteroatoms. The molecule has 2 N–H and O–H groups in total. The van der Waals surface area contributed by atoms with Crippen molar-refractivity contribution in [3.05, 3.63) is 11.4 Å². The molecule has 1 saturated carbocycles. The molecule has 1 aromatic heterocycles. The summed E-state index contributed by atoms with van der Waals surface area (Å²) in [7, 11) is 0. The number of carbonyl (C=O) groups excluding carboxylic acids is 1. The number of rotatable bonds is 2. The Morgan fingerprint density at radius 3 is 3.00 bits per heavy atom. The first-order chi connectivity index (χ1) is 13.6. The van der Waals surface area contributed by atoms with Gasteiger partial charge in [-0.3, -0.25) is 4.79 Å². The third-order valence-electron chi connectivity index (χ3n) is 6.22. The molecule has 4 unspecified atom stereocenters. The fraction of sp³-hybridized carbons (Fsp3) is 0.684. The van der Waals surface area contributed by atoms with Crippen LogP contribution in [0, 0.1) is 5.92 Å². The average molecular weight is 466 g/mol. The van der Waals surface area contributed by atoms with E-state index in [2.05, 4.69) is 48.7 Å². The van der Waals surface area contributed by atoms with Gasteiger partial charge in [0, 0.05) is 28.1 Å². The zero-order valence-corrected chi connectivity index (χ0v) is 18.2. The number of aromatic nitrogens is 3. The van der Waals surface area contributed by atoms with Gasteiger partial charge in [-0.25, -0.2) is 0 Å². The number of ether oxygens (including phenoxy) is 1.